The SMILES string of the molecule is C=CN1/C(=C(\C)c2cc(C)no2)CN(C(=N)COCc2ccccc2)C(=C)c2cc(OC)ccc21. The number of hydrogen-bond acceptors (Lipinski definition) is 6. The van der Waals surface area contributed by atoms with Crippen LogP contribution in [0, 0.1) is 12.3 Å². The van der Waals surface area contributed by atoms with Crippen LogP contribution in [0.25, 0.3) is 11.3 Å². The number of aromatic nitrogens is 1. The van der Waals surface area contributed by atoms with Gasteiger partial charge in [-0.2, -0.15) is 0 Å². The zero-order valence-electron chi connectivity index (χ0n) is 20.4. The molecule has 1 aliphatic rings. The van der Waals surface area contributed by atoms with E-state index in [1.165, 1.54) is 0 Å². The molecule has 4 rings (SSSR count). The summed E-state index contributed by atoms with van der Waals surface area (Å²) in [4.78, 5) is 3.86. The van der Waals surface area contributed by atoms with Gasteiger partial charge < -0.3 is 23.8 Å². The van der Waals surface area contributed by atoms with Crippen LogP contribution in [0.15, 0.2) is 84.2 Å². The van der Waals surface area contributed by atoms with Gasteiger partial charge in [-0.05, 0) is 37.6 Å². The van der Waals surface area contributed by atoms with Crippen molar-refractivity contribution in [2.75, 3.05) is 25.2 Å². The van der Waals surface area contributed by atoms with Crippen molar-refractivity contribution in [3.8, 4) is 5.75 Å². The Labute approximate surface area is 206 Å². The van der Waals surface area contributed by atoms with Crippen molar-refractivity contribution >= 4 is 22.8 Å². The second-order valence-corrected chi connectivity index (χ2v) is 8.30. The average molecular weight is 471 g/mol. The fourth-order valence-electron chi connectivity index (χ4n) is 4.06. The van der Waals surface area contributed by atoms with Crippen LogP contribution in [0.2, 0.25) is 0 Å². The number of rotatable bonds is 7. The summed E-state index contributed by atoms with van der Waals surface area (Å²) >= 11 is 0. The van der Waals surface area contributed by atoms with Crippen LogP contribution >= 0.6 is 0 Å². The Morgan fingerprint density at radius 1 is 1.20 bits per heavy atom. The minimum absolute atomic E-state index is 0.134. The lowest BCUT2D eigenvalue weighted by molar-refractivity contribution is 0.152. The molecule has 2 aromatic carbocycles. The van der Waals surface area contributed by atoms with E-state index in [4.69, 9.17) is 19.4 Å². The van der Waals surface area contributed by atoms with E-state index in [1.807, 2.05) is 78.2 Å². The summed E-state index contributed by atoms with van der Waals surface area (Å²) in [7, 11) is 1.63. The van der Waals surface area contributed by atoms with Crippen molar-refractivity contribution in [3.05, 3.63) is 102 Å². The second-order valence-electron chi connectivity index (χ2n) is 8.30. The van der Waals surface area contributed by atoms with Gasteiger partial charge in [0.1, 0.15) is 18.2 Å². The number of methoxy groups -OCH3 is 1. The average Bonchev–Trinajstić information content (AvgIpc) is 3.27. The van der Waals surface area contributed by atoms with Crippen molar-refractivity contribution in [1.82, 2.24) is 10.1 Å². The van der Waals surface area contributed by atoms with Crippen molar-refractivity contribution < 1.29 is 14.0 Å². The first-order valence-corrected chi connectivity index (χ1v) is 11.3. The van der Waals surface area contributed by atoms with Crippen molar-refractivity contribution in [2.45, 2.75) is 20.5 Å². The van der Waals surface area contributed by atoms with Gasteiger partial charge in [0, 0.05) is 34.8 Å². The van der Waals surface area contributed by atoms with E-state index in [0.29, 0.717) is 36.2 Å². The summed E-state index contributed by atoms with van der Waals surface area (Å²) in [5, 5.41) is 12.9. The quantitative estimate of drug-likeness (QED) is 0.345. The molecule has 0 amide bonds. The molecule has 35 heavy (non-hydrogen) atoms. The largest absolute Gasteiger partial charge is 0.497 e. The number of anilines is 1. The van der Waals surface area contributed by atoms with Crippen LogP contribution in [0.3, 0.4) is 0 Å². The number of allylic oxidation sites excluding steroid dienone is 1. The van der Waals surface area contributed by atoms with Crippen LogP contribution in [-0.2, 0) is 11.3 Å². The van der Waals surface area contributed by atoms with Gasteiger partial charge in [-0.3, -0.25) is 5.41 Å². The standard InChI is InChI=1S/C28H30N4O3/c1-6-31-25-13-12-23(33-5)15-24(25)21(4)32(16-26(31)20(3)27-14-19(2)30-35-27)28(29)18-34-17-22-10-8-7-9-11-22/h6-15,29H,1,4,16-18H2,2-3,5H3/b26-20+,29-28?. The summed E-state index contributed by atoms with van der Waals surface area (Å²) in [5.74, 6) is 1.67. The Morgan fingerprint density at radius 3 is 2.63 bits per heavy atom. The molecule has 180 valence electrons. The Hall–Kier alpha value is -4.10. The lowest BCUT2D eigenvalue weighted by Crippen LogP contribution is -2.34. The Kier molecular flexibility index (Phi) is 7.17. The highest BCUT2D eigenvalue weighted by atomic mass is 16.5. The summed E-state index contributed by atoms with van der Waals surface area (Å²) in [6.45, 7) is 13.2. The molecule has 0 radical (unpaired) electrons. The first-order chi connectivity index (χ1) is 16.9. The number of nitrogens with zero attached hydrogens (tertiary/aromatic N) is 3. The molecule has 1 N–H and O–H groups in total. The van der Waals surface area contributed by atoms with Gasteiger partial charge in [0.2, 0.25) is 0 Å². The monoisotopic (exact) mass is 470 g/mol. The maximum atomic E-state index is 8.89. The van der Waals surface area contributed by atoms with E-state index < -0.39 is 0 Å². The highest BCUT2D eigenvalue weighted by molar-refractivity contribution is 5.94. The van der Waals surface area contributed by atoms with Crippen molar-refractivity contribution in [2.24, 2.45) is 0 Å². The van der Waals surface area contributed by atoms with Gasteiger partial charge in [0.05, 0.1) is 31.6 Å². The van der Waals surface area contributed by atoms with E-state index >= 15 is 0 Å². The van der Waals surface area contributed by atoms with Gasteiger partial charge in [-0.15, -0.1) is 0 Å². The molecule has 0 spiro atoms. The topological polar surface area (TPSA) is 74.8 Å². The molecule has 1 aliphatic heterocycles. The molecule has 3 aromatic rings. The Morgan fingerprint density at radius 2 is 1.97 bits per heavy atom. The summed E-state index contributed by atoms with van der Waals surface area (Å²) in [6, 6.07) is 17.6. The molecule has 0 aliphatic carbocycles. The number of nitrogens with one attached hydrogen (secondary N) is 1. The molecule has 2 heterocycles. The molecule has 0 fully saturated rings. The van der Waals surface area contributed by atoms with Gasteiger partial charge in [-0.1, -0.05) is 48.6 Å². The fourth-order valence-corrected chi connectivity index (χ4v) is 4.06. The fraction of sp³-hybridized carbons (Fsp3) is 0.214. The van der Waals surface area contributed by atoms with Crippen LogP contribution in [0.1, 0.15) is 29.5 Å². The van der Waals surface area contributed by atoms with Crippen molar-refractivity contribution in [1.29, 1.82) is 5.41 Å². The smallest absolute Gasteiger partial charge is 0.164 e. The number of amidine groups is 1. The van der Waals surface area contributed by atoms with E-state index in [-0.39, 0.29) is 6.61 Å². The van der Waals surface area contributed by atoms with Crippen LogP contribution in [0.5, 0.6) is 5.75 Å². The third kappa shape index (κ3) is 5.05. The number of aryl methyl sites for hydroxylation is 1. The molecule has 7 nitrogen and oxygen atoms in total. The number of benzene rings is 2. The third-order valence-electron chi connectivity index (χ3n) is 5.99. The van der Waals surface area contributed by atoms with Gasteiger partial charge in [-0.25, -0.2) is 0 Å². The number of fused-ring (bicyclic) bond motifs is 1. The lowest BCUT2D eigenvalue weighted by atomic mass is 10.1. The van der Waals surface area contributed by atoms with E-state index in [2.05, 4.69) is 18.3 Å². The number of ether oxygens (including phenoxy) is 2. The van der Waals surface area contributed by atoms with Crippen LogP contribution in [-0.4, -0.2) is 36.2 Å². The Balaban J connectivity index is 1.72. The molecule has 0 saturated carbocycles. The Bertz CT molecular complexity index is 1280. The molecule has 0 bridgehead atoms. The predicted octanol–water partition coefficient (Wildman–Crippen LogP) is 5.85. The van der Waals surface area contributed by atoms with Crippen molar-refractivity contribution in [3.63, 3.8) is 0 Å². The molecule has 0 unspecified atom stereocenters. The van der Waals surface area contributed by atoms with Gasteiger partial charge >= 0.3 is 0 Å². The second kappa shape index (κ2) is 10.4. The minimum Gasteiger partial charge on any atom is -0.497 e. The molecule has 0 atom stereocenters. The molecule has 0 saturated heterocycles. The van der Waals surface area contributed by atoms with E-state index in [0.717, 1.165) is 33.8 Å². The highest BCUT2D eigenvalue weighted by Gasteiger charge is 2.29. The predicted molar refractivity (Wildman–Crippen MR) is 139 cm³/mol. The molecule has 1 aromatic heterocycles. The zero-order chi connectivity index (χ0) is 24.9. The van der Waals surface area contributed by atoms with Crippen LogP contribution < -0.4 is 9.64 Å². The third-order valence-corrected chi connectivity index (χ3v) is 5.99. The summed E-state index contributed by atoms with van der Waals surface area (Å²) in [5.41, 5.74) is 6.05. The molecular formula is C28H30N4O3. The van der Waals surface area contributed by atoms with Gasteiger partial charge in [0.25, 0.3) is 0 Å². The maximum Gasteiger partial charge on any atom is 0.164 e. The summed E-state index contributed by atoms with van der Waals surface area (Å²) < 4.78 is 16.9. The minimum atomic E-state index is 0.134. The molecule has 7 heteroatoms. The van der Waals surface area contributed by atoms with E-state index in [1.54, 1.807) is 13.3 Å². The van der Waals surface area contributed by atoms with E-state index in [9.17, 15) is 0 Å². The van der Waals surface area contributed by atoms with Crippen LogP contribution in [0.4, 0.5) is 5.69 Å². The number of hydrogen-bond donors (Lipinski definition) is 1. The lowest BCUT2D eigenvalue weighted by Gasteiger charge is -2.28. The molecular weight excluding hydrogens is 440 g/mol. The zero-order valence-corrected chi connectivity index (χ0v) is 20.4. The first-order valence-electron chi connectivity index (χ1n) is 11.3. The maximum absolute atomic E-state index is 8.89. The highest BCUT2D eigenvalue weighted by Crippen LogP contribution is 2.39. The normalized spacial score (nSPS) is 14.9. The van der Waals surface area contributed by atoms with Gasteiger partial charge in [0.15, 0.2) is 5.76 Å². The first kappa shape index (κ1) is 24.0. The summed E-state index contributed by atoms with van der Waals surface area (Å²) in [6.07, 6.45) is 1.76.